The largest absolute Gasteiger partial charge is 0.341 e. The van der Waals surface area contributed by atoms with E-state index in [1.807, 2.05) is 11.3 Å². The third-order valence-electron chi connectivity index (χ3n) is 4.80. The van der Waals surface area contributed by atoms with Gasteiger partial charge in [0.25, 0.3) is 0 Å². The number of thiophene rings is 1. The van der Waals surface area contributed by atoms with Gasteiger partial charge in [-0.05, 0) is 49.1 Å². The van der Waals surface area contributed by atoms with Crippen LogP contribution in [0.25, 0.3) is 0 Å². The molecule has 0 N–H and O–H groups in total. The predicted octanol–water partition coefficient (Wildman–Crippen LogP) is 3.39. The molecule has 116 valence electrons. The van der Waals surface area contributed by atoms with Crippen molar-refractivity contribution in [2.75, 3.05) is 26.2 Å². The Balaban J connectivity index is 1.61. The van der Waals surface area contributed by atoms with E-state index in [1.165, 1.54) is 24.1 Å². The summed E-state index contributed by atoms with van der Waals surface area (Å²) < 4.78 is 0. The van der Waals surface area contributed by atoms with Crippen LogP contribution in [-0.4, -0.2) is 41.9 Å². The van der Waals surface area contributed by atoms with Crippen molar-refractivity contribution in [3.63, 3.8) is 0 Å². The van der Waals surface area contributed by atoms with Crippen molar-refractivity contribution in [3.05, 3.63) is 22.4 Å². The Hall–Kier alpha value is -0.870. The highest BCUT2D eigenvalue weighted by atomic mass is 32.1. The first-order valence-corrected chi connectivity index (χ1v) is 9.06. The summed E-state index contributed by atoms with van der Waals surface area (Å²) >= 11 is 1.82. The van der Waals surface area contributed by atoms with Gasteiger partial charge in [-0.25, -0.2) is 0 Å². The van der Waals surface area contributed by atoms with E-state index in [2.05, 4.69) is 41.2 Å². The van der Waals surface area contributed by atoms with Crippen molar-refractivity contribution in [2.24, 2.45) is 11.8 Å². The molecule has 2 saturated heterocycles. The van der Waals surface area contributed by atoms with E-state index in [4.69, 9.17) is 0 Å². The van der Waals surface area contributed by atoms with Crippen LogP contribution in [-0.2, 0) is 4.79 Å². The minimum atomic E-state index is 0.330. The second kappa shape index (κ2) is 6.49. The molecule has 1 aromatic rings. The minimum absolute atomic E-state index is 0.330. The molecule has 0 spiro atoms. The zero-order valence-electron chi connectivity index (χ0n) is 13.1. The second-order valence-electron chi connectivity index (χ2n) is 6.89. The SMILES string of the molecule is CC1CC(C)CN(C(=O)CN2CCCC2c2cccs2)C1. The highest BCUT2D eigenvalue weighted by Crippen LogP contribution is 2.34. The fraction of sp³-hybridized carbons (Fsp3) is 0.706. The number of hydrogen-bond acceptors (Lipinski definition) is 3. The lowest BCUT2D eigenvalue weighted by Gasteiger charge is -2.36. The van der Waals surface area contributed by atoms with Gasteiger partial charge < -0.3 is 4.90 Å². The maximum Gasteiger partial charge on any atom is 0.236 e. The van der Waals surface area contributed by atoms with Crippen LogP contribution < -0.4 is 0 Å². The third-order valence-corrected chi connectivity index (χ3v) is 5.77. The van der Waals surface area contributed by atoms with Crippen LogP contribution in [0.3, 0.4) is 0 Å². The van der Waals surface area contributed by atoms with E-state index < -0.39 is 0 Å². The van der Waals surface area contributed by atoms with Crippen LogP contribution >= 0.6 is 11.3 Å². The number of amides is 1. The normalized spacial score (nSPS) is 30.8. The Morgan fingerprint density at radius 3 is 2.76 bits per heavy atom. The van der Waals surface area contributed by atoms with Crippen molar-refractivity contribution in [1.29, 1.82) is 0 Å². The molecule has 4 heteroatoms. The van der Waals surface area contributed by atoms with E-state index >= 15 is 0 Å². The number of hydrogen-bond donors (Lipinski definition) is 0. The Labute approximate surface area is 131 Å². The zero-order valence-corrected chi connectivity index (χ0v) is 13.9. The van der Waals surface area contributed by atoms with Crippen molar-refractivity contribution in [1.82, 2.24) is 9.80 Å². The van der Waals surface area contributed by atoms with Gasteiger partial charge >= 0.3 is 0 Å². The second-order valence-corrected chi connectivity index (χ2v) is 7.87. The minimum Gasteiger partial charge on any atom is -0.341 e. The monoisotopic (exact) mass is 306 g/mol. The number of likely N-dealkylation sites (tertiary alicyclic amines) is 2. The Morgan fingerprint density at radius 1 is 1.33 bits per heavy atom. The van der Waals surface area contributed by atoms with Crippen LogP contribution in [0.4, 0.5) is 0 Å². The van der Waals surface area contributed by atoms with Gasteiger partial charge in [-0.15, -0.1) is 11.3 Å². The van der Waals surface area contributed by atoms with Crippen molar-refractivity contribution in [3.8, 4) is 0 Å². The molecule has 0 aromatic carbocycles. The standard InChI is InChI=1S/C17H26N2OS/c1-13-9-14(2)11-19(10-13)17(20)12-18-7-3-5-15(18)16-6-4-8-21-16/h4,6,8,13-15H,3,5,7,9-12H2,1-2H3. The fourth-order valence-corrected chi connectivity index (χ4v) is 4.85. The lowest BCUT2D eigenvalue weighted by Crippen LogP contribution is -2.46. The van der Waals surface area contributed by atoms with Gasteiger partial charge in [-0.1, -0.05) is 19.9 Å². The quantitative estimate of drug-likeness (QED) is 0.854. The molecule has 1 aromatic heterocycles. The molecule has 0 saturated carbocycles. The first-order chi connectivity index (χ1) is 10.1. The molecule has 21 heavy (non-hydrogen) atoms. The number of rotatable bonds is 3. The Kier molecular flexibility index (Phi) is 4.65. The van der Waals surface area contributed by atoms with E-state index in [0.717, 1.165) is 19.6 Å². The molecule has 3 unspecified atom stereocenters. The molecular formula is C17H26N2OS. The zero-order chi connectivity index (χ0) is 14.8. The molecule has 2 aliphatic heterocycles. The topological polar surface area (TPSA) is 23.6 Å². The highest BCUT2D eigenvalue weighted by molar-refractivity contribution is 7.10. The predicted molar refractivity (Wildman–Crippen MR) is 87.4 cm³/mol. The van der Waals surface area contributed by atoms with Crippen LogP contribution in [0.2, 0.25) is 0 Å². The van der Waals surface area contributed by atoms with Gasteiger partial charge in [-0.2, -0.15) is 0 Å². The van der Waals surface area contributed by atoms with Gasteiger partial charge in [0.15, 0.2) is 0 Å². The number of carbonyl (C=O) groups excluding carboxylic acids is 1. The summed E-state index contributed by atoms with van der Waals surface area (Å²) in [5, 5.41) is 2.14. The lowest BCUT2D eigenvalue weighted by molar-refractivity contribution is -0.135. The Morgan fingerprint density at radius 2 is 2.10 bits per heavy atom. The molecule has 3 nitrogen and oxygen atoms in total. The third kappa shape index (κ3) is 3.49. The maximum absolute atomic E-state index is 12.6. The smallest absolute Gasteiger partial charge is 0.236 e. The van der Waals surface area contributed by atoms with Crippen LogP contribution in [0.15, 0.2) is 17.5 Å². The van der Waals surface area contributed by atoms with Crippen LogP contribution in [0, 0.1) is 11.8 Å². The summed E-state index contributed by atoms with van der Waals surface area (Å²) in [6.45, 7) is 8.08. The molecule has 0 aliphatic carbocycles. The fourth-order valence-electron chi connectivity index (χ4n) is 3.96. The van der Waals surface area contributed by atoms with Crippen LogP contribution in [0.1, 0.15) is 44.0 Å². The molecule has 0 radical (unpaired) electrons. The van der Waals surface area contributed by atoms with Crippen molar-refractivity contribution >= 4 is 17.2 Å². The van der Waals surface area contributed by atoms with Gasteiger partial charge in [0.1, 0.15) is 0 Å². The van der Waals surface area contributed by atoms with E-state index in [1.54, 1.807) is 0 Å². The summed E-state index contributed by atoms with van der Waals surface area (Å²) in [6, 6.07) is 4.80. The molecular weight excluding hydrogens is 280 g/mol. The number of nitrogens with zero attached hydrogens (tertiary/aromatic N) is 2. The summed E-state index contributed by atoms with van der Waals surface area (Å²) in [5.41, 5.74) is 0. The number of carbonyl (C=O) groups is 1. The van der Waals surface area contributed by atoms with E-state index in [-0.39, 0.29) is 0 Å². The van der Waals surface area contributed by atoms with Gasteiger partial charge in [-0.3, -0.25) is 9.69 Å². The van der Waals surface area contributed by atoms with Crippen LogP contribution in [0.5, 0.6) is 0 Å². The number of piperidine rings is 1. The molecule has 0 bridgehead atoms. The van der Waals surface area contributed by atoms with Gasteiger partial charge in [0.2, 0.25) is 5.91 Å². The highest BCUT2D eigenvalue weighted by Gasteiger charge is 2.31. The van der Waals surface area contributed by atoms with E-state index in [0.29, 0.717) is 30.3 Å². The summed E-state index contributed by atoms with van der Waals surface area (Å²) in [7, 11) is 0. The lowest BCUT2D eigenvalue weighted by atomic mass is 9.92. The van der Waals surface area contributed by atoms with Gasteiger partial charge in [0.05, 0.1) is 6.54 Å². The maximum atomic E-state index is 12.6. The molecule has 1 amide bonds. The van der Waals surface area contributed by atoms with Gasteiger partial charge in [0, 0.05) is 24.0 Å². The molecule has 2 aliphatic rings. The average Bonchev–Trinajstić information content (AvgIpc) is 3.07. The Bertz CT molecular complexity index is 463. The van der Waals surface area contributed by atoms with Crippen molar-refractivity contribution < 1.29 is 4.79 Å². The summed E-state index contributed by atoms with van der Waals surface area (Å²) in [5.74, 6) is 1.62. The first-order valence-electron chi connectivity index (χ1n) is 8.18. The molecule has 3 rings (SSSR count). The molecule has 2 fully saturated rings. The molecule has 3 atom stereocenters. The average molecular weight is 306 g/mol. The molecule has 3 heterocycles. The van der Waals surface area contributed by atoms with E-state index in [9.17, 15) is 4.79 Å². The first kappa shape index (κ1) is 15.0. The summed E-state index contributed by atoms with van der Waals surface area (Å²) in [6.07, 6.45) is 3.66. The van der Waals surface area contributed by atoms with Crippen molar-refractivity contribution in [2.45, 2.75) is 39.2 Å². The summed E-state index contributed by atoms with van der Waals surface area (Å²) in [4.78, 5) is 18.6.